The van der Waals surface area contributed by atoms with Crippen LogP contribution in [0, 0.1) is 11.7 Å². The van der Waals surface area contributed by atoms with E-state index in [1.165, 1.54) is 54.3 Å². The van der Waals surface area contributed by atoms with Crippen LogP contribution in [0.1, 0.15) is 44.9 Å². The van der Waals surface area contributed by atoms with Gasteiger partial charge in [0.05, 0.1) is 11.6 Å². The standard InChI is InChI=1S/C22H27FN4O2/c23-17-8-10-19(11-9-17)27-21(28)13-12-20(25-27)26-14-4-5-16(15-26)22(29)24-18-6-2-1-3-7-18/h8-13,16,18H,1-7,14-15H2,(H,24,29)/t16-/m1/s1. The van der Waals surface area contributed by atoms with Crippen LogP contribution in [-0.4, -0.2) is 34.8 Å². The van der Waals surface area contributed by atoms with Crippen molar-refractivity contribution < 1.29 is 9.18 Å². The highest BCUT2D eigenvalue weighted by Crippen LogP contribution is 2.23. The summed E-state index contributed by atoms with van der Waals surface area (Å²) >= 11 is 0. The molecule has 0 unspecified atom stereocenters. The summed E-state index contributed by atoms with van der Waals surface area (Å²) in [6, 6.07) is 9.16. The lowest BCUT2D eigenvalue weighted by molar-refractivity contribution is -0.126. The van der Waals surface area contributed by atoms with E-state index in [1.807, 2.05) is 0 Å². The molecule has 0 spiro atoms. The quantitative estimate of drug-likeness (QED) is 0.860. The number of amides is 1. The molecule has 1 saturated heterocycles. The van der Waals surface area contributed by atoms with Gasteiger partial charge in [0.15, 0.2) is 0 Å². The van der Waals surface area contributed by atoms with Gasteiger partial charge in [0, 0.05) is 25.2 Å². The molecule has 1 aromatic carbocycles. The molecule has 154 valence electrons. The molecule has 1 atom stereocenters. The highest BCUT2D eigenvalue weighted by molar-refractivity contribution is 5.79. The number of nitrogens with zero attached hydrogens (tertiary/aromatic N) is 3. The van der Waals surface area contributed by atoms with Gasteiger partial charge in [0.25, 0.3) is 5.56 Å². The van der Waals surface area contributed by atoms with Crippen LogP contribution in [0.4, 0.5) is 10.2 Å². The SMILES string of the molecule is O=C(NC1CCCCC1)[C@@H]1CCCN(c2ccc(=O)n(-c3ccc(F)cc3)n2)C1. The highest BCUT2D eigenvalue weighted by atomic mass is 19.1. The summed E-state index contributed by atoms with van der Waals surface area (Å²) in [5.41, 5.74) is 0.241. The van der Waals surface area contributed by atoms with Crippen molar-refractivity contribution in [3.63, 3.8) is 0 Å². The van der Waals surface area contributed by atoms with Crippen LogP contribution in [0.25, 0.3) is 5.69 Å². The number of carbonyl (C=O) groups is 1. The van der Waals surface area contributed by atoms with Crippen molar-refractivity contribution in [3.05, 3.63) is 52.6 Å². The molecule has 1 aromatic heterocycles. The van der Waals surface area contributed by atoms with Crippen LogP contribution in [0.2, 0.25) is 0 Å². The summed E-state index contributed by atoms with van der Waals surface area (Å²) in [5.74, 6) is 0.358. The van der Waals surface area contributed by atoms with E-state index in [0.717, 1.165) is 32.2 Å². The first-order valence-corrected chi connectivity index (χ1v) is 10.5. The molecule has 2 aromatic rings. The first-order chi connectivity index (χ1) is 14.1. The van der Waals surface area contributed by atoms with Crippen molar-refractivity contribution in [2.24, 2.45) is 5.92 Å². The van der Waals surface area contributed by atoms with Crippen LogP contribution in [0.5, 0.6) is 0 Å². The third kappa shape index (κ3) is 4.66. The molecule has 0 bridgehead atoms. The van der Waals surface area contributed by atoms with Gasteiger partial charge in [0.2, 0.25) is 5.91 Å². The number of hydrogen-bond acceptors (Lipinski definition) is 4. The summed E-state index contributed by atoms with van der Waals surface area (Å²) < 4.78 is 14.5. The Morgan fingerprint density at radius 3 is 2.52 bits per heavy atom. The maximum Gasteiger partial charge on any atom is 0.271 e. The zero-order chi connectivity index (χ0) is 20.2. The lowest BCUT2D eigenvalue weighted by Gasteiger charge is -2.34. The van der Waals surface area contributed by atoms with Crippen molar-refractivity contribution in [2.45, 2.75) is 51.0 Å². The Balaban J connectivity index is 1.48. The van der Waals surface area contributed by atoms with E-state index in [1.54, 1.807) is 6.07 Å². The number of aromatic nitrogens is 2. The fraction of sp³-hybridized carbons (Fsp3) is 0.500. The van der Waals surface area contributed by atoms with Crippen LogP contribution in [0.3, 0.4) is 0 Å². The van der Waals surface area contributed by atoms with Gasteiger partial charge < -0.3 is 10.2 Å². The Morgan fingerprint density at radius 2 is 1.76 bits per heavy atom. The first-order valence-electron chi connectivity index (χ1n) is 10.5. The Labute approximate surface area is 169 Å². The van der Waals surface area contributed by atoms with Crippen LogP contribution in [0.15, 0.2) is 41.2 Å². The van der Waals surface area contributed by atoms with E-state index in [2.05, 4.69) is 15.3 Å². The zero-order valence-electron chi connectivity index (χ0n) is 16.5. The first kappa shape index (κ1) is 19.6. The Kier molecular flexibility index (Phi) is 5.92. The minimum Gasteiger partial charge on any atom is -0.354 e. The predicted octanol–water partition coefficient (Wildman–Crippen LogP) is 3.04. The second kappa shape index (κ2) is 8.76. The summed E-state index contributed by atoms with van der Waals surface area (Å²) in [5, 5.41) is 7.72. The van der Waals surface area contributed by atoms with Crippen LogP contribution < -0.4 is 15.8 Å². The van der Waals surface area contributed by atoms with E-state index in [4.69, 9.17) is 0 Å². The molecule has 29 heavy (non-hydrogen) atoms. The predicted molar refractivity (Wildman–Crippen MR) is 110 cm³/mol. The number of hydrogen-bond donors (Lipinski definition) is 1. The van der Waals surface area contributed by atoms with E-state index >= 15 is 0 Å². The van der Waals surface area contributed by atoms with Crippen LogP contribution in [-0.2, 0) is 4.79 Å². The molecule has 0 radical (unpaired) electrons. The third-order valence-electron chi connectivity index (χ3n) is 5.93. The Morgan fingerprint density at radius 1 is 1.00 bits per heavy atom. The summed E-state index contributed by atoms with van der Waals surface area (Å²) in [6.45, 7) is 1.38. The van der Waals surface area contributed by atoms with Gasteiger partial charge in [-0.25, -0.2) is 4.39 Å². The Bertz CT molecular complexity index is 906. The molecule has 2 fully saturated rings. The van der Waals surface area contributed by atoms with Crippen molar-refractivity contribution in [1.29, 1.82) is 0 Å². The minimum atomic E-state index is -0.360. The maximum absolute atomic E-state index is 13.2. The van der Waals surface area contributed by atoms with E-state index < -0.39 is 0 Å². The fourth-order valence-corrected chi connectivity index (χ4v) is 4.30. The average Bonchev–Trinajstić information content (AvgIpc) is 2.75. The smallest absolute Gasteiger partial charge is 0.271 e. The lowest BCUT2D eigenvalue weighted by atomic mass is 9.93. The van der Waals surface area contributed by atoms with Gasteiger partial charge in [-0.1, -0.05) is 19.3 Å². The van der Waals surface area contributed by atoms with Gasteiger partial charge >= 0.3 is 0 Å². The zero-order valence-corrected chi connectivity index (χ0v) is 16.5. The largest absolute Gasteiger partial charge is 0.354 e. The molecule has 7 heteroatoms. The van der Waals surface area contributed by atoms with Crippen molar-refractivity contribution in [3.8, 4) is 5.69 Å². The molecule has 2 aliphatic rings. The highest BCUT2D eigenvalue weighted by Gasteiger charge is 2.28. The second-order valence-corrected chi connectivity index (χ2v) is 8.05. The number of halogens is 1. The third-order valence-corrected chi connectivity index (χ3v) is 5.93. The minimum absolute atomic E-state index is 0.0707. The summed E-state index contributed by atoms with van der Waals surface area (Å²) in [7, 11) is 0. The van der Waals surface area contributed by atoms with Crippen molar-refractivity contribution in [1.82, 2.24) is 15.1 Å². The molecule has 1 aliphatic heterocycles. The van der Waals surface area contributed by atoms with E-state index in [-0.39, 0.29) is 23.2 Å². The molecule has 1 amide bonds. The van der Waals surface area contributed by atoms with Gasteiger partial charge in [0.1, 0.15) is 11.6 Å². The molecule has 2 heterocycles. The van der Waals surface area contributed by atoms with Gasteiger partial charge in [-0.2, -0.15) is 4.68 Å². The number of anilines is 1. The van der Waals surface area contributed by atoms with Gasteiger partial charge in [-0.05, 0) is 56.0 Å². The summed E-state index contributed by atoms with van der Waals surface area (Å²) in [6.07, 6.45) is 7.57. The lowest BCUT2D eigenvalue weighted by Crippen LogP contribution is -2.46. The molecule has 6 nitrogen and oxygen atoms in total. The molecule has 1 saturated carbocycles. The number of piperidine rings is 1. The molecular formula is C22H27FN4O2. The second-order valence-electron chi connectivity index (χ2n) is 8.05. The van der Waals surface area contributed by atoms with E-state index in [0.29, 0.717) is 24.1 Å². The summed E-state index contributed by atoms with van der Waals surface area (Å²) in [4.78, 5) is 27.1. The van der Waals surface area contributed by atoms with Gasteiger partial charge in [-0.15, -0.1) is 5.10 Å². The van der Waals surface area contributed by atoms with Crippen molar-refractivity contribution in [2.75, 3.05) is 18.0 Å². The van der Waals surface area contributed by atoms with Crippen molar-refractivity contribution >= 4 is 11.7 Å². The van der Waals surface area contributed by atoms with Crippen LogP contribution >= 0.6 is 0 Å². The number of rotatable bonds is 4. The number of carbonyl (C=O) groups excluding carboxylic acids is 1. The molecular weight excluding hydrogens is 371 g/mol. The Hall–Kier alpha value is -2.70. The van der Waals surface area contributed by atoms with Gasteiger partial charge in [-0.3, -0.25) is 9.59 Å². The number of benzene rings is 1. The molecule has 4 rings (SSSR count). The monoisotopic (exact) mass is 398 g/mol. The fourth-order valence-electron chi connectivity index (χ4n) is 4.30. The van der Waals surface area contributed by atoms with E-state index in [9.17, 15) is 14.0 Å². The number of nitrogens with one attached hydrogen (secondary N) is 1. The normalized spacial score (nSPS) is 20.4. The molecule has 1 N–H and O–H groups in total. The maximum atomic E-state index is 13.2. The average molecular weight is 398 g/mol. The topological polar surface area (TPSA) is 67.2 Å². The molecule has 1 aliphatic carbocycles.